The summed E-state index contributed by atoms with van der Waals surface area (Å²) in [6.45, 7) is 1.92. The Balaban J connectivity index is 2.63. The van der Waals surface area contributed by atoms with Gasteiger partial charge in [-0.05, 0) is 36.3 Å². The first-order chi connectivity index (χ1) is 9.45. The molecular weight excluding hydrogens is 282 g/mol. The normalized spacial score (nSPS) is 11.8. The van der Waals surface area contributed by atoms with Crippen LogP contribution in [0.2, 0.25) is 0 Å². The summed E-state index contributed by atoms with van der Waals surface area (Å²) in [5, 5.41) is 21.8. The van der Waals surface area contributed by atoms with Crippen LogP contribution in [0.1, 0.15) is 41.4 Å². The molecule has 0 aromatic carbocycles. The topological polar surface area (TPSA) is 104 Å². The fourth-order valence-electron chi connectivity index (χ4n) is 1.75. The van der Waals surface area contributed by atoms with Crippen molar-refractivity contribution in [1.29, 1.82) is 0 Å². The Hall–Kier alpha value is -1.89. The molecule has 0 fully saturated rings. The lowest BCUT2D eigenvalue weighted by Gasteiger charge is -2.14. The molecule has 1 rings (SSSR count). The quantitative estimate of drug-likeness (QED) is 0.678. The van der Waals surface area contributed by atoms with Crippen LogP contribution in [-0.2, 0) is 16.0 Å². The van der Waals surface area contributed by atoms with Crippen LogP contribution >= 0.6 is 11.3 Å². The number of carboxylic acids is 2. The van der Waals surface area contributed by atoms with Crippen molar-refractivity contribution in [3.63, 3.8) is 0 Å². The zero-order chi connectivity index (χ0) is 15.1. The van der Waals surface area contributed by atoms with Gasteiger partial charge < -0.3 is 15.5 Å². The van der Waals surface area contributed by atoms with E-state index in [1.54, 1.807) is 5.38 Å². The lowest BCUT2D eigenvalue weighted by Crippen LogP contribution is -2.40. The van der Waals surface area contributed by atoms with E-state index in [0.29, 0.717) is 11.3 Å². The van der Waals surface area contributed by atoms with Crippen molar-refractivity contribution in [2.24, 2.45) is 0 Å². The van der Waals surface area contributed by atoms with Crippen LogP contribution in [0.5, 0.6) is 0 Å². The lowest BCUT2D eigenvalue weighted by molar-refractivity contribution is -0.140. The second-order valence-corrected chi connectivity index (χ2v) is 5.19. The number of thiophene rings is 1. The van der Waals surface area contributed by atoms with E-state index in [2.05, 4.69) is 5.32 Å². The first kappa shape index (κ1) is 16.2. The van der Waals surface area contributed by atoms with Gasteiger partial charge in [-0.2, -0.15) is 0 Å². The van der Waals surface area contributed by atoms with Gasteiger partial charge in [0.15, 0.2) is 0 Å². The highest BCUT2D eigenvalue weighted by Gasteiger charge is 2.22. The highest BCUT2D eigenvalue weighted by atomic mass is 32.1. The summed E-state index contributed by atoms with van der Waals surface area (Å²) in [5.41, 5.74) is 0.877. The van der Waals surface area contributed by atoms with Gasteiger partial charge in [0.05, 0.1) is 4.88 Å². The molecule has 0 aliphatic rings. The maximum Gasteiger partial charge on any atom is 0.326 e. The first-order valence-corrected chi connectivity index (χ1v) is 7.15. The van der Waals surface area contributed by atoms with Crippen molar-refractivity contribution < 1.29 is 24.6 Å². The number of carboxylic acid groups (broad SMARTS) is 2. The number of aryl methyl sites for hydroxylation is 1. The molecule has 3 N–H and O–H groups in total. The number of hydrogen-bond acceptors (Lipinski definition) is 4. The van der Waals surface area contributed by atoms with Gasteiger partial charge in [0.1, 0.15) is 6.04 Å². The van der Waals surface area contributed by atoms with Crippen molar-refractivity contribution in [2.75, 3.05) is 0 Å². The van der Waals surface area contributed by atoms with Gasteiger partial charge in [0, 0.05) is 6.42 Å². The average Bonchev–Trinajstić information content (AvgIpc) is 2.85. The van der Waals surface area contributed by atoms with E-state index in [1.165, 1.54) is 11.3 Å². The molecule has 0 saturated heterocycles. The molecule has 110 valence electrons. The maximum atomic E-state index is 12.0. The summed E-state index contributed by atoms with van der Waals surface area (Å²) in [4.78, 5) is 34.0. The Bertz CT molecular complexity index is 497. The van der Waals surface area contributed by atoms with Gasteiger partial charge in [-0.1, -0.05) is 6.92 Å². The summed E-state index contributed by atoms with van der Waals surface area (Å²) in [7, 11) is 0. The minimum absolute atomic E-state index is 0.0974. The summed E-state index contributed by atoms with van der Waals surface area (Å²) in [6, 6.07) is 0.772. The Morgan fingerprint density at radius 3 is 2.60 bits per heavy atom. The molecule has 1 amide bonds. The van der Waals surface area contributed by atoms with Gasteiger partial charge in [-0.15, -0.1) is 11.3 Å². The van der Waals surface area contributed by atoms with E-state index < -0.39 is 23.9 Å². The van der Waals surface area contributed by atoms with Gasteiger partial charge in [0.2, 0.25) is 0 Å². The average molecular weight is 299 g/mol. The van der Waals surface area contributed by atoms with Crippen LogP contribution in [0, 0.1) is 0 Å². The van der Waals surface area contributed by atoms with Gasteiger partial charge in [-0.25, -0.2) is 4.79 Å². The number of amides is 1. The number of rotatable bonds is 8. The van der Waals surface area contributed by atoms with Crippen LogP contribution in [-0.4, -0.2) is 34.1 Å². The molecule has 0 bridgehead atoms. The molecule has 6 nitrogen and oxygen atoms in total. The van der Waals surface area contributed by atoms with Crippen molar-refractivity contribution in [1.82, 2.24) is 5.32 Å². The Morgan fingerprint density at radius 2 is 2.05 bits per heavy atom. The third-order valence-electron chi connectivity index (χ3n) is 2.82. The van der Waals surface area contributed by atoms with Crippen LogP contribution < -0.4 is 5.32 Å². The zero-order valence-electron chi connectivity index (χ0n) is 11.1. The van der Waals surface area contributed by atoms with E-state index in [1.807, 2.05) is 13.0 Å². The molecule has 1 heterocycles. The summed E-state index contributed by atoms with van der Waals surface area (Å²) in [5.74, 6) is -2.55. The lowest BCUT2D eigenvalue weighted by atomic mass is 10.1. The van der Waals surface area contributed by atoms with Gasteiger partial charge in [0.25, 0.3) is 5.91 Å². The highest BCUT2D eigenvalue weighted by Crippen LogP contribution is 2.17. The van der Waals surface area contributed by atoms with E-state index in [-0.39, 0.29) is 19.3 Å². The molecule has 1 aromatic heterocycles. The van der Waals surface area contributed by atoms with Crippen molar-refractivity contribution in [2.45, 2.75) is 38.6 Å². The fraction of sp³-hybridized carbons (Fsp3) is 0.462. The van der Waals surface area contributed by atoms with Crippen molar-refractivity contribution in [3.8, 4) is 0 Å². The molecule has 0 aliphatic carbocycles. The third-order valence-corrected chi connectivity index (χ3v) is 3.78. The standard InChI is InChI=1S/C13H17NO5S/c1-2-8-6-7-20-11(8)12(17)14-9(13(18)19)4-3-5-10(15)16/h6-7,9H,2-5H2,1H3,(H,14,17)(H,15,16)(H,18,19)/t9-/m1/s1. The van der Waals surface area contributed by atoms with E-state index in [9.17, 15) is 14.4 Å². The van der Waals surface area contributed by atoms with E-state index in [0.717, 1.165) is 5.56 Å². The highest BCUT2D eigenvalue weighted by molar-refractivity contribution is 7.12. The van der Waals surface area contributed by atoms with Crippen LogP contribution in [0.25, 0.3) is 0 Å². The minimum Gasteiger partial charge on any atom is -0.481 e. The predicted octanol–water partition coefficient (Wildman–Crippen LogP) is 1.75. The SMILES string of the molecule is CCc1ccsc1C(=O)N[C@H](CCCC(=O)O)C(=O)O. The van der Waals surface area contributed by atoms with Crippen LogP contribution in [0.15, 0.2) is 11.4 Å². The van der Waals surface area contributed by atoms with Crippen molar-refractivity contribution in [3.05, 3.63) is 21.9 Å². The van der Waals surface area contributed by atoms with Crippen molar-refractivity contribution >= 4 is 29.2 Å². The Morgan fingerprint density at radius 1 is 1.35 bits per heavy atom. The van der Waals surface area contributed by atoms with E-state index in [4.69, 9.17) is 10.2 Å². The molecule has 7 heteroatoms. The molecular formula is C13H17NO5S. The monoisotopic (exact) mass is 299 g/mol. The van der Waals surface area contributed by atoms with Gasteiger partial charge in [-0.3, -0.25) is 9.59 Å². The molecule has 1 atom stereocenters. The summed E-state index contributed by atoms with van der Waals surface area (Å²) >= 11 is 1.27. The maximum absolute atomic E-state index is 12.0. The summed E-state index contributed by atoms with van der Waals surface area (Å²) < 4.78 is 0. The van der Waals surface area contributed by atoms with Crippen LogP contribution in [0.4, 0.5) is 0 Å². The molecule has 0 radical (unpaired) electrons. The minimum atomic E-state index is -1.15. The number of aliphatic carboxylic acids is 2. The molecule has 1 aromatic rings. The number of carbonyl (C=O) groups excluding carboxylic acids is 1. The predicted molar refractivity (Wildman–Crippen MR) is 74.1 cm³/mol. The smallest absolute Gasteiger partial charge is 0.326 e. The molecule has 0 aliphatic heterocycles. The third kappa shape index (κ3) is 4.65. The second kappa shape index (κ2) is 7.64. The molecule has 0 spiro atoms. The van der Waals surface area contributed by atoms with Gasteiger partial charge >= 0.3 is 11.9 Å². The fourth-order valence-corrected chi connectivity index (χ4v) is 2.65. The second-order valence-electron chi connectivity index (χ2n) is 4.28. The molecule has 0 saturated carbocycles. The summed E-state index contributed by atoms with van der Waals surface area (Å²) in [6.07, 6.45) is 0.889. The Labute approximate surface area is 120 Å². The largest absolute Gasteiger partial charge is 0.481 e. The first-order valence-electron chi connectivity index (χ1n) is 6.27. The van der Waals surface area contributed by atoms with E-state index >= 15 is 0 Å². The Kier molecular flexibility index (Phi) is 6.17. The van der Waals surface area contributed by atoms with Crippen LogP contribution in [0.3, 0.4) is 0 Å². The molecule has 20 heavy (non-hydrogen) atoms. The zero-order valence-corrected chi connectivity index (χ0v) is 11.9. The number of carbonyl (C=O) groups is 3. The number of hydrogen-bond donors (Lipinski definition) is 3. The molecule has 0 unspecified atom stereocenters. The number of nitrogens with one attached hydrogen (secondary N) is 1.